The summed E-state index contributed by atoms with van der Waals surface area (Å²) in [6.07, 6.45) is 5.15. The van der Waals surface area contributed by atoms with Crippen molar-refractivity contribution in [2.45, 2.75) is 25.7 Å². The predicted molar refractivity (Wildman–Crippen MR) is 66.3 cm³/mol. The van der Waals surface area contributed by atoms with Crippen LogP contribution in [0.15, 0.2) is 22.7 Å². The summed E-state index contributed by atoms with van der Waals surface area (Å²) in [5.41, 5.74) is 0.598. The molecule has 1 fully saturated rings. The van der Waals surface area contributed by atoms with Crippen LogP contribution in [0.3, 0.4) is 0 Å². The maximum absolute atomic E-state index is 9.03. The Morgan fingerprint density at radius 1 is 1.38 bits per heavy atom. The molecule has 0 saturated heterocycles. The summed E-state index contributed by atoms with van der Waals surface area (Å²) in [4.78, 5) is 0. The van der Waals surface area contributed by atoms with Gasteiger partial charge in [-0.05, 0) is 46.8 Å². The SMILES string of the molecule is N#Cc1c(Br)cccc1OCC1CCCC1. The molecule has 84 valence electrons. The highest BCUT2D eigenvalue weighted by molar-refractivity contribution is 9.10. The Morgan fingerprint density at radius 3 is 2.81 bits per heavy atom. The minimum Gasteiger partial charge on any atom is -0.492 e. The van der Waals surface area contributed by atoms with Crippen molar-refractivity contribution < 1.29 is 4.74 Å². The van der Waals surface area contributed by atoms with E-state index in [4.69, 9.17) is 10.00 Å². The maximum atomic E-state index is 9.03. The molecule has 1 saturated carbocycles. The first-order chi connectivity index (χ1) is 7.81. The normalized spacial score (nSPS) is 16.0. The molecule has 0 unspecified atom stereocenters. The molecule has 2 rings (SSSR count). The number of hydrogen-bond acceptors (Lipinski definition) is 2. The third kappa shape index (κ3) is 2.56. The Balaban J connectivity index is 2.03. The molecule has 16 heavy (non-hydrogen) atoms. The van der Waals surface area contributed by atoms with Crippen LogP contribution in [0.2, 0.25) is 0 Å². The largest absolute Gasteiger partial charge is 0.492 e. The van der Waals surface area contributed by atoms with Crippen molar-refractivity contribution >= 4 is 15.9 Å². The molecule has 1 aliphatic rings. The molecule has 0 radical (unpaired) electrons. The molecule has 1 aromatic rings. The molecule has 0 aliphatic heterocycles. The number of nitrogens with zero attached hydrogens (tertiary/aromatic N) is 1. The van der Waals surface area contributed by atoms with Crippen molar-refractivity contribution in [3.05, 3.63) is 28.2 Å². The number of ether oxygens (including phenoxy) is 1. The molecule has 0 N–H and O–H groups in total. The Bertz CT molecular complexity index is 405. The van der Waals surface area contributed by atoms with Crippen LogP contribution >= 0.6 is 15.9 Å². The van der Waals surface area contributed by atoms with E-state index in [1.54, 1.807) is 0 Å². The van der Waals surface area contributed by atoms with Crippen LogP contribution in [0.5, 0.6) is 5.75 Å². The van der Waals surface area contributed by atoms with E-state index in [9.17, 15) is 0 Å². The first kappa shape index (κ1) is 11.5. The van der Waals surface area contributed by atoms with Gasteiger partial charge in [0.15, 0.2) is 0 Å². The minimum atomic E-state index is 0.598. The average Bonchev–Trinajstić information content (AvgIpc) is 2.79. The lowest BCUT2D eigenvalue weighted by atomic mass is 10.1. The van der Waals surface area contributed by atoms with Gasteiger partial charge in [-0.3, -0.25) is 0 Å². The lowest BCUT2D eigenvalue weighted by Crippen LogP contribution is -2.08. The van der Waals surface area contributed by atoms with Crippen LogP contribution in [0.4, 0.5) is 0 Å². The summed E-state index contributed by atoms with van der Waals surface area (Å²) in [5.74, 6) is 1.37. The van der Waals surface area contributed by atoms with Crippen molar-refractivity contribution in [1.29, 1.82) is 5.26 Å². The highest BCUT2D eigenvalue weighted by atomic mass is 79.9. The average molecular weight is 280 g/mol. The Labute approximate surface area is 104 Å². The van der Waals surface area contributed by atoms with Gasteiger partial charge in [0.2, 0.25) is 0 Å². The minimum absolute atomic E-state index is 0.598. The fourth-order valence-electron chi connectivity index (χ4n) is 2.12. The van der Waals surface area contributed by atoms with Crippen molar-refractivity contribution in [3.8, 4) is 11.8 Å². The van der Waals surface area contributed by atoms with Gasteiger partial charge in [-0.25, -0.2) is 0 Å². The molecule has 2 nitrogen and oxygen atoms in total. The molecular weight excluding hydrogens is 266 g/mol. The van der Waals surface area contributed by atoms with E-state index in [1.807, 2.05) is 18.2 Å². The molecule has 1 aliphatic carbocycles. The summed E-state index contributed by atoms with van der Waals surface area (Å²) >= 11 is 3.36. The zero-order valence-electron chi connectivity index (χ0n) is 9.08. The Morgan fingerprint density at radius 2 is 2.12 bits per heavy atom. The maximum Gasteiger partial charge on any atom is 0.138 e. The number of hydrogen-bond donors (Lipinski definition) is 0. The molecule has 0 amide bonds. The molecule has 0 spiro atoms. The second-order valence-corrected chi connectivity index (χ2v) is 5.04. The van der Waals surface area contributed by atoms with Gasteiger partial charge in [0.05, 0.1) is 6.61 Å². The fraction of sp³-hybridized carbons (Fsp3) is 0.462. The van der Waals surface area contributed by atoms with Gasteiger partial charge in [-0.15, -0.1) is 0 Å². The number of nitriles is 1. The molecular formula is C13H14BrNO. The lowest BCUT2D eigenvalue weighted by Gasteiger charge is -2.12. The zero-order valence-corrected chi connectivity index (χ0v) is 10.7. The van der Waals surface area contributed by atoms with Crippen molar-refractivity contribution in [2.75, 3.05) is 6.61 Å². The highest BCUT2D eigenvalue weighted by Crippen LogP contribution is 2.29. The number of halogens is 1. The van der Waals surface area contributed by atoms with Crippen LogP contribution in [-0.4, -0.2) is 6.61 Å². The van der Waals surface area contributed by atoms with Crippen LogP contribution in [-0.2, 0) is 0 Å². The summed E-state index contributed by atoms with van der Waals surface area (Å²) in [7, 11) is 0. The zero-order chi connectivity index (χ0) is 11.4. The first-order valence-electron chi connectivity index (χ1n) is 5.62. The van der Waals surface area contributed by atoms with E-state index in [0.717, 1.165) is 11.1 Å². The lowest BCUT2D eigenvalue weighted by molar-refractivity contribution is 0.251. The molecule has 3 heteroatoms. The number of benzene rings is 1. The summed E-state index contributed by atoms with van der Waals surface area (Å²) < 4.78 is 6.54. The summed E-state index contributed by atoms with van der Waals surface area (Å²) in [5, 5.41) is 9.03. The summed E-state index contributed by atoms with van der Waals surface area (Å²) in [6, 6.07) is 7.79. The van der Waals surface area contributed by atoms with Crippen LogP contribution in [0.1, 0.15) is 31.2 Å². The second kappa shape index (κ2) is 5.36. The number of rotatable bonds is 3. The van der Waals surface area contributed by atoms with Gasteiger partial charge in [-0.2, -0.15) is 5.26 Å². The van der Waals surface area contributed by atoms with E-state index >= 15 is 0 Å². The Hall–Kier alpha value is -1.01. The quantitative estimate of drug-likeness (QED) is 0.841. The third-order valence-electron chi connectivity index (χ3n) is 3.04. The molecule has 0 aromatic heterocycles. The predicted octanol–water partition coefficient (Wildman–Crippen LogP) is 3.89. The van der Waals surface area contributed by atoms with Gasteiger partial charge >= 0.3 is 0 Å². The van der Waals surface area contributed by atoms with Gasteiger partial charge in [-0.1, -0.05) is 18.9 Å². The standard InChI is InChI=1S/C13H14BrNO/c14-12-6-3-7-13(11(12)8-15)16-9-10-4-1-2-5-10/h3,6-7,10H,1-2,4-5,9H2. The fourth-order valence-corrected chi connectivity index (χ4v) is 2.55. The molecule has 0 atom stereocenters. The highest BCUT2D eigenvalue weighted by Gasteiger charge is 2.16. The third-order valence-corrected chi connectivity index (χ3v) is 3.70. The summed E-state index contributed by atoms with van der Waals surface area (Å²) in [6.45, 7) is 0.741. The smallest absolute Gasteiger partial charge is 0.138 e. The molecule has 0 bridgehead atoms. The van der Waals surface area contributed by atoms with E-state index in [2.05, 4.69) is 22.0 Å². The Kier molecular flexibility index (Phi) is 3.84. The van der Waals surface area contributed by atoms with Crippen molar-refractivity contribution in [1.82, 2.24) is 0 Å². The van der Waals surface area contributed by atoms with E-state index in [0.29, 0.717) is 17.2 Å². The topological polar surface area (TPSA) is 33.0 Å². The second-order valence-electron chi connectivity index (χ2n) is 4.19. The van der Waals surface area contributed by atoms with Crippen molar-refractivity contribution in [3.63, 3.8) is 0 Å². The van der Waals surface area contributed by atoms with Crippen molar-refractivity contribution in [2.24, 2.45) is 5.92 Å². The van der Waals surface area contributed by atoms with E-state index in [1.165, 1.54) is 25.7 Å². The molecule has 1 aromatic carbocycles. The van der Waals surface area contributed by atoms with Crippen LogP contribution in [0.25, 0.3) is 0 Å². The van der Waals surface area contributed by atoms with Gasteiger partial charge in [0, 0.05) is 4.47 Å². The van der Waals surface area contributed by atoms with Crippen LogP contribution in [0, 0.1) is 17.2 Å². The van der Waals surface area contributed by atoms with Gasteiger partial charge < -0.3 is 4.74 Å². The van der Waals surface area contributed by atoms with Crippen LogP contribution < -0.4 is 4.74 Å². The molecule has 0 heterocycles. The van der Waals surface area contributed by atoms with E-state index < -0.39 is 0 Å². The van der Waals surface area contributed by atoms with Gasteiger partial charge in [0.25, 0.3) is 0 Å². The first-order valence-corrected chi connectivity index (χ1v) is 6.42. The monoisotopic (exact) mass is 279 g/mol. The van der Waals surface area contributed by atoms with Gasteiger partial charge in [0.1, 0.15) is 17.4 Å². The van der Waals surface area contributed by atoms with E-state index in [-0.39, 0.29) is 0 Å².